The highest BCUT2D eigenvalue weighted by Gasteiger charge is 2.25. The number of ether oxygens (including phenoxy) is 1. The van der Waals surface area contributed by atoms with E-state index < -0.39 is 5.82 Å². The summed E-state index contributed by atoms with van der Waals surface area (Å²) in [7, 11) is 0. The minimum Gasteiger partial charge on any atom is -0.371 e. The molecule has 1 atom stereocenters. The van der Waals surface area contributed by atoms with Gasteiger partial charge in [0.1, 0.15) is 5.82 Å². The smallest absolute Gasteiger partial charge is 0.234 e. The van der Waals surface area contributed by atoms with E-state index >= 15 is 0 Å². The third-order valence-electron chi connectivity index (χ3n) is 3.28. The van der Waals surface area contributed by atoms with Crippen molar-refractivity contribution in [2.45, 2.75) is 13.0 Å². The maximum absolute atomic E-state index is 13.6. The molecule has 1 saturated heterocycles. The molecule has 4 nitrogen and oxygen atoms in total. The number of hydrogen-bond donors (Lipinski definition) is 1. The summed E-state index contributed by atoms with van der Waals surface area (Å²) in [6.45, 7) is 4.36. The first-order valence-electron chi connectivity index (χ1n) is 6.76. The van der Waals surface area contributed by atoms with Crippen LogP contribution in [-0.4, -0.2) is 43.6 Å². The Balaban J connectivity index is 2.07. The van der Waals surface area contributed by atoms with Gasteiger partial charge in [-0.3, -0.25) is 9.69 Å². The number of carbonyl (C=O) groups excluding carboxylic acids is 1. The Morgan fingerprint density at radius 2 is 2.24 bits per heavy atom. The lowest BCUT2D eigenvalue weighted by molar-refractivity contribution is -0.124. The monoisotopic (exact) mass is 334 g/mol. The van der Waals surface area contributed by atoms with Crippen LogP contribution >= 0.6 is 23.2 Å². The first kappa shape index (κ1) is 16.5. The summed E-state index contributed by atoms with van der Waals surface area (Å²) < 4.78 is 19.2. The van der Waals surface area contributed by atoms with Crippen LogP contribution in [0, 0.1) is 5.82 Å². The minimum atomic E-state index is -0.527. The van der Waals surface area contributed by atoms with Crippen molar-refractivity contribution in [3.63, 3.8) is 0 Å². The molecule has 1 unspecified atom stereocenters. The first-order chi connectivity index (χ1) is 10.0. The van der Waals surface area contributed by atoms with Crippen LogP contribution in [0.25, 0.3) is 0 Å². The molecule has 0 aliphatic carbocycles. The predicted octanol–water partition coefficient (Wildman–Crippen LogP) is 2.64. The highest BCUT2D eigenvalue weighted by molar-refractivity contribution is 6.35. The van der Waals surface area contributed by atoms with Crippen LogP contribution in [0.1, 0.15) is 18.6 Å². The molecule has 116 valence electrons. The number of rotatable bonds is 4. The largest absolute Gasteiger partial charge is 0.371 e. The molecule has 0 saturated carbocycles. The van der Waals surface area contributed by atoms with Crippen LogP contribution in [0.3, 0.4) is 0 Å². The third kappa shape index (κ3) is 4.30. The molecule has 1 aromatic rings. The second-order valence-corrected chi connectivity index (χ2v) is 5.65. The van der Waals surface area contributed by atoms with E-state index in [4.69, 9.17) is 27.9 Å². The van der Waals surface area contributed by atoms with Gasteiger partial charge < -0.3 is 10.1 Å². The Kier molecular flexibility index (Phi) is 5.81. The van der Waals surface area contributed by atoms with Crippen molar-refractivity contribution in [3.05, 3.63) is 33.6 Å². The van der Waals surface area contributed by atoms with Gasteiger partial charge in [-0.2, -0.15) is 0 Å². The van der Waals surface area contributed by atoms with Crippen LogP contribution < -0.4 is 5.32 Å². The zero-order valence-electron chi connectivity index (χ0n) is 11.7. The van der Waals surface area contributed by atoms with Crippen molar-refractivity contribution in [2.75, 3.05) is 32.8 Å². The van der Waals surface area contributed by atoms with Gasteiger partial charge in [-0.15, -0.1) is 0 Å². The van der Waals surface area contributed by atoms with Gasteiger partial charge in [0.15, 0.2) is 0 Å². The molecular formula is C14H17Cl2FN2O2. The average molecular weight is 335 g/mol. The summed E-state index contributed by atoms with van der Waals surface area (Å²) >= 11 is 11.8. The number of nitrogens with one attached hydrogen (secondary N) is 1. The zero-order chi connectivity index (χ0) is 15.4. The normalized spacial score (nSPS) is 19.5. The van der Waals surface area contributed by atoms with Gasteiger partial charge in [-0.25, -0.2) is 4.39 Å². The van der Waals surface area contributed by atoms with Crippen molar-refractivity contribution in [1.82, 2.24) is 10.2 Å². The standard InChI is InChI=1S/C14H17Cl2FN2O2/c1-2-18-14(20)8-19-3-4-21-13(7-19)9-5-12(17)11(16)6-10(9)15/h5-6,13H,2-4,7-8H2,1H3,(H,18,20). The molecule has 0 aromatic heterocycles. The Hall–Kier alpha value is -0.880. The summed E-state index contributed by atoms with van der Waals surface area (Å²) in [6, 6.07) is 2.67. The van der Waals surface area contributed by atoms with E-state index in [-0.39, 0.29) is 17.0 Å². The van der Waals surface area contributed by atoms with Crippen molar-refractivity contribution < 1.29 is 13.9 Å². The minimum absolute atomic E-state index is 0.0151. The fraction of sp³-hybridized carbons (Fsp3) is 0.500. The van der Waals surface area contributed by atoms with Gasteiger partial charge in [0.05, 0.1) is 24.3 Å². The number of likely N-dealkylation sites (N-methyl/N-ethyl adjacent to an activating group) is 1. The number of nitrogens with zero attached hydrogens (tertiary/aromatic N) is 1. The summed E-state index contributed by atoms with van der Waals surface area (Å²) in [4.78, 5) is 13.6. The fourth-order valence-electron chi connectivity index (χ4n) is 2.28. The summed E-state index contributed by atoms with van der Waals surface area (Å²) in [5.41, 5.74) is 0.555. The molecule has 1 heterocycles. The lowest BCUT2D eigenvalue weighted by atomic mass is 10.1. The Bertz CT molecular complexity index is 528. The zero-order valence-corrected chi connectivity index (χ0v) is 13.2. The van der Waals surface area contributed by atoms with Gasteiger partial charge in [-0.05, 0) is 19.1 Å². The quantitative estimate of drug-likeness (QED) is 0.860. The van der Waals surface area contributed by atoms with E-state index in [9.17, 15) is 9.18 Å². The van der Waals surface area contributed by atoms with Crippen LogP contribution in [-0.2, 0) is 9.53 Å². The molecule has 1 aliphatic rings. The topological polar surface area (TPSA) is 41.6 Å². The summed E-state index contributed by atoms with van der Waals surface area (Å²) in [6.07, 6.45) is -0.368. The van der Waals surface area contributed by atoms with Gasteiger partial charge in [0.25, 0.3) is 0 Å². The highest BCUT2D eigenvalue weighted by Crippen LogP contribution is 2.32. The molecule has 7 heteroatoms. The van der Waals surface area contributed by atoms with Gasteiger partial charge in [-0.1, -0.05) is 23.2 Å². The lowest BCUT2D eigenvalue weighted by Crippen LogP contribution is -2.44. The number of amides is 1. The number of benzene rings is 1. The van der Waals surface area contributed by atoms with E-state index in [1.165, 1.54) is 12.1 Å². The van der Waals surface area contributed by atoms with Crippen LogP contribution in [0.4, 0.5) is 4.39 Å². The Labute approximate surface area is 133 Å². The average Bonchev–Trinajstić information content (AvgIpc) is 2.43. The van der Waals surface area contributed by atoms with E-state index in [1.807, 2.05) is 11.8 Å². The number of halogens is 3. The SMILES string of the molecule is CCNC(=O)CN1CCOC(c2cc(F)c(Cl)cc2Cl)C1. The van der Waals surface area contributed by atoms with Crippen molar-refractivity contribution in [1.29, 1.82) is 0 Å². The number of carbonyl (C=O) groups is 1. The second-order valence-electron chi connectivity index (χ2n) is 4.84. The Morgan fingerprint density at radius 3 is 2.95 bits per heavy atom. The third-order valence-corrected chi connectivity index (χ3v) is 3.90. The molecule has 0 spiro atoms. The van der Waals surface area contributed by atoms with Crippen LogP contribution in [0.15, 0.2) is 12.1 Å². The molecule has 2 rings (SSSR count). The summed E-state index contributed by atoms with van der Waals surface area (Å²) in [5, 5.41) is 3.10. The van der Waals surface area contributed by atoms with Crippen molar-refractivity contribution in [3.8, 4) is 0 Å². The maximum atomic E-state index is 13.6. The molecule has 0 bridgehead atoms. The second kappa shape index (κ2) is 7.40. The highest BCUT2D eigenvalue weighted by atomic mass is 35.5. The van der Waals surface area contributed by atoms with Crippen LogP contribution in [0.2, 0.25) is 10.0 Å². The van der Waals surface area contributed by atoms with E-state index in [0.29, 0.717) is 43.4 Å². The molecule has 1 amide bonds. The summed E-state index contributed by atoms with van der Waals surface area (Å²) in [5.74, 6) is -0.563. The molecule has 1 fully saturated rings. The fourth-order valence-corrected chi connectivity index (χ4v) is 2.78. The predicted molar refractivity (Wildman–Crippen MR) is 80.2 cm³/mol. The molecule has 21 heavy (non-hydrogen) atoms. The van der Waals surface area contributed by atoms with Crippen LogP contribution in [0.5, 0.6) is 0 Å². The van der Waals surface area contributed by atoms with E-state index in [0.717, 1.165) is 0 Å². The van der Waals surface area contributed by atoms with Crippen molar-refractivity contribution in [2.24, 2.45) is 0 Å². The molecule has 1 aromatic carbocycles. The van der Waals surface area contributed by atoms with E-state index in [1.54, 1.807) is 0 Å². The van der Waals surface area contributed by atoms with Gasteiger partial charge in [0.2, 0.25) is 5.91 Å². The van der Waals surface area contributed by atoms with Crippen molar-refractivity contribution >= 4 is 29.1 Å². The van der Waals surface area contributed by atoms with E-state index in [2.05, 4.69) is 5.32 Å². The molecule has 0 radical (unpaired) electrons. The lowest BCUT2D eigenvalue weighted by Gasteiger charge is -2.33. The number of hydrogen-bond acceptors (Lipinski definition) is 3. The van der Waals surface area contributed by atoms with Gasteiger partial charge in [0, 0.05) is 30.2 Å². The maximum Gasteiger partial charge on any atom is 0.234 e. The molecule has 1 N–H and O–H groups in total. The Morgan fingerprint density at radius 1 is 1.48 bits per heavy atom. The molecular weight excluding hydrogens is 318 g/mol. The van der Waals surface area contributed by atoms with Gasteiger partial charge >= 0.3 is 0 Å². The first-order valence-corrected chi connectivity index (χ1v) is 7.52. The number of morpholine rings is 1. The molecule has 1 aliphatic heterocycles.